The summed E-state index contributed by atoms with van der Waals surface area (Å²) in [6.07, 6.45) is -7.25. The van der Waals surface area contributed by atoms with Crippen molar-refractivity contribution >= 4 is 35.4 Å². The van der Waals surface area contributed by atoms with Crippen LogP contribution in [0.5, 0.6) is 11.5 Å². The first-order chi connectivity index (χ1) is 23.8. The van der Waals surface area contributed by atoms with Gasteiger partial charge >= 0.3 is 11.8 Å². The molecule has 2 heterocycles. The van der Waals surface area contributed by atoms with Gasteiger partial charge < -0.3 is 53.3 Å². The number of nitrogens with one attached hydrogen (secondary N) is 1. The van der Waals surface area contributed by atoms with E-state index >= 15 is 0 Å². The minimum atomic E-state index is -6.19. The maximum absolute atomic E-state index is 13.3. The van der Waals surface area contributed by atoms with Crippen molar-refractivity contribution in [2.24, 2.45) is 0 Å². The molecule has 2 aromatic carbocycles. The van der Waals surface area contributed by atoms with Crippen LogP contribution in [-0.2, 0) is 80.4 Å². The number of hydrogen-bond acceptors (Lipinski definition) is 19. The number of ketones is 1. The molecule has 52 heavy (non-hydrogen) atoms. The predicted molar refractivity (Wildman–Crippen MR) is 158 cm³/mol. The van der Waals surface area contributed by atoms with Crippen molar-refractivity contribution in [1.82, 2.24) is 9.55 Å². The van der Waals surface area contributed by atoms with E-state index < -0.39 is 90.8 Å². The number of Topliss-reactive ketones (excluding diaryl/α,β-unsaturated/α-hetero) is 1. The van der Waals surface area contributed by atoms with Crippen LogP contribution in [0.1, 0.15) is 40.2 Å². The van der Waals surface area contributed by atoms with E-state index in [9.17, 15) is 57.8 Å². The molecule has 1 aliphatic rings. The van der Waals surface area contributed by atoms with Crippen molar-refractivity contribution in [2.45, 2.75) is 37.6 Å². The van der Waals surface area contributed by atoms with Crippen LogP contribution in [0.3, 0.4) is 0 Å². The molecular weight excluding hydrogens is 842 g/mol. The molecule has 0 spiro atoms. The van der Waals surface area contributed by atoms with E-state index in [2.05, 4.69) is 13.1 Å². The molecule has 4 rings (SSSR count). The molecule has 4 unspecified atom stereocenters. The Morgan fingerprint density at radius 2 is 1.73 bits per heavy atom. The van der Waals surface area contributed by atoms with Gasteiger partial charge in [-0.25, -0.2) is 18.2 Å². The number of carbonyl (C=O) groups excluding carboxylic acids is 2. The maximum Gasteiger partial charge on any atom is 0.509 e. The summed E-state index contributed by atoms with van der Waals surface area (Å²) < 4.78 is 66.3. The zero-order valence-electron chi connectivity index (χ0n) is 26.3. The summed E-state index contributed by atoms with van der Waals surface area (Å²) in [7, 11) is -16.8. The number of phosphoric ester groups is 1. The van der Waals surface area contributed by atoms with Gasteiger partial charge in [-0.1, -0.05) is 30.3 Å². The molecular formula is C26H26N2O20P3Y-3. The number of phenols is 1. The maximum atomic E-state index is 13.3. The molecule has 4 N–H and O–H groups in total. The molecule has 1 aromatic heterocycles. The first-order valence-corrected chi connectivity index (χ1v) is 18.4. The number of phosphoric acid groups is 3. The van der Waals surface area contributed by atoms with Gasteiger partial charge in [0.15, 0.2) is 6.10 Å². The SMILES string of the molecule is COc1cc(O)cc(C(OC(=O)OCc2cn([C@H]3C[C@@H](O)[C@@H](COP(=O)([O-])OP(=O)([O-])OP(=O)([O-])O)O3)c(=O)[nH]c2=O)C(=O)c2ccccc2)c1.[Y]. The van der Waals surface area contributed by atoms with Crippen molar-refractivity contribution in [2.75, 3.05) is 13.7 Å². The van der Waals surface area contributed by atoms with Crippen LogP contribution in [0.2, 0.25) is 0 Å². The monoisotopic (exact) mass is 868 g/mol. The third kappa shape index (κ3) is 12.3. The van der Waals surface area contributed by atoms with E-state index in [4.69, 9.17) is 23.8 Å². The van der Waals surface area contributed by atoms with E-state index in [1.165, 1.54) is 31.4 Å². The Morgan fingerprint density at radius 3 is 2.37 bits per heavy atom. The number of nitrogens with zero attached hydrogens (tertiary/aromatic N) is 1. The summed E-state index contributed by atoms with van der Waals surface area (Å²) in [5, 5.41) is 20.4. The summed E-state index contributed by atoms with van der Waals surface area (Å²) in [6.45, 7) is -1.98. The van der Waals surface area contributed by atoms with E-state index in [0.29, 0.717) is 0 Å². The summed E-state index contributed by atoms with van der Waals surface area (Å²) in [5.74, 6) is -0.900. The summed E-state index contributed by atoms with van der Waals surface area (Å²) in [6, 6.07) is 11.4. The molecule has 22 nitrogen and oxygen atoms in total. The number of methoxy groups -OCH3 is 1. The number of aromatic amines is 1. The third-order valence-corrected chi connectivity index (χ3v) is 10.4. The standard InChI is InChI=1S/C26H29N2O20P3.Y/c1-42-18-8-15(7-17(29)9-18)23(22(31)14-5-3-2-4-6-14)46-26(34)43-12-16-11-28(25(33)27-24(16)32)21-10-19(30)20(45-21)13-44-50(38,39)48-51(40,41)47-49(35,36)37;/h2-9,11,19-21,23,29-30H,10,12-13H2,1H3,(H,38,39)(H,40,41)(H,27,32,33)(H2,35,36,37);/p-3/t19-,20-,21-,23?;/m1./s1. The van der Waals surface area contributed by atoms with Crippen LogP contribution in [0, 0.1) is 0 Å². The zero-order valence-corrected chi connectivity index (χ0v) is 31.8. The Morgan fingerprint density at radius 1 is 1.06 bits per heavy atom. The molecule has 0 amide bonds. The summed E-state index contributed by atoms with van der Waals surface area (Å²) >= 11 is 0. The molecule has 0 aliphatic carbocycles. The number of hydrogen-bond donors (Lipinski definition) is 4. The number of carbonyl (C=O) groups is 2. The number of aliphatic hydroxyl groups is 1. The number of H-pyrrole nitrogens is 1. The Balaban J connectivity index is 0.00000729. The van der Waals surface area contributed by atoms with E-state index in [1.54, 1.807) is 18.2 Å². The minimum absolute atomic E-state index is 0. The fourth-order valence-electron chi connectivity index (χ4n) is 4.50. The molecule has 26 heteroatoms. The quantitative estimate of drug-likeness (QED) is 0.0859. The van der Waals surface area contributed by atoms with Gasteiger partial charge in [-0.15, -0.1) is 0 Å². The molecule has 0 saturated carbocycles. The van der Waals surface area contributed by atoms with Gasteiger partial charge in [0, 0.05) is 62.5 Å². The van der Waals surface area contributed by atoms with E-state index in [-0.39, 0.29) is 60.9 Å². The number of phenolic OH excluding ortho intramolecular Hbond substituents is 1. The van der Waals surface area contributed by atoms with E-state index in [1.807, 2.05) is 4.98 Å². The van der Waals surface area contributed by atoms with Crippen LogP contribution >= 0.6 is 23.5 Å². The Kier molecular flexibility index (Phi) is 15.0. The fourth-order valence-corrected chi connectivity index (χ4v) is 7.40. The van der Waals surface area contributed by atoms with Crippen molar-refractivity contribution in [3.05, 3.63) is 92.3 Å². The summed E-state index contributed by atoms with van der Waals surface area (Å²) in [5.41, 5.74) is -2.36. The van der Waals surface area contributed by atoms with Gasteiger partial charge in [0.05, 0.1) is 25.4 Å². The first-order valence-electron chi connectivity index (χ1n) is 14.0. The van der Waals surface area contributed by atoms with Crippen LogP contribution in [0.15, 0.2) is 64.3 Å². The minimum Gasteiger partial charge on any atom is -0.756 e. The average molecular weight is 868 g/mol. The second-order valence-electron chi connectivity index (χ2n) is 10.3. The first kappa shape index (κ1) is 43.5. The number of aliphatic hydroxyl groups excluding tert-OH is 1. The third-order valence-electron chi connectivity index (χ3n) is 6.66. The smallest absolute Gasteiger partial charge is 0.509 e. The van der Waals surface area contributed by atoms with Gasteiger partial charge in [-0.2, -0.15) is 0 Å². The predicted octanol–water partition coefficient (Wildman–Crippen LogP) is -0.379. The molecule has 1 aliphatic heterocycles. The number of aromatic hydroxyl groups is 1. The topological polar surface area (TPSA) is 335 Å². The number of ether oxygens (including phenoxy) is 4. The van der Waals surface area contributed by atoms with Crippen LogP contribution in [-0.4, -0.2) is 62.5 Å². The van der Waals surface area contributed by atoms with Crippen LogP contribution in [0.25, 0.3) is 0 Å². The Labute approximate surface area is 316 Å². The molecule has 0 bridgehead atoms. The van der Waals surface area contributed by atoms with Crippen molar-refractivity contribution < 1.29 is 118 Å². The number of aromatic nitrogens is 2. The van der Waals surface area contributed by atoms with Gasteiger partial charge in [0.1, 0.15) is 30.4 Å². The molecule has 3 aromatic rings. The fraction of sp³-hybridized carbons (Fsp3) is 0.308. The van der Waals surface area contributed by atoms with Gasteiger partial charge in [-0.3, -0.25) is 32.8 Å². The van der Waals surface area contributed by atoms with Gasteiger partial charge in [-0.05, 0) is 12.1 Å². The number of benzene rings is 2. The zero-order chi connectivity index (χ0) is 37.7. The second kappa shape index (κ2) is 17.9. The summed E-state index contributed by atoms with van der Waals surface area (Å²) in [4.78, 5) is 95.4. The largest absolute Gasteiger partial charge is 0.756 e. The van der Waals surface area contributed by atoms with Crippen molar-refractivity contribution in [1.29, 1.82) is 0 Å². The second-order valence-corrected chi connectivity index (χ2v) is 14.6. The van der Waals surface area contributed by atoms with Gasteiger partial charge in [0.25, 0.3) is 29.0 Å². The van der Waals surface area contributed by atoms with Crippen molar-refractivity contribution in [3.63, 3.8) is 0 Å². The Bertz CT molecular complexity index is 2020. The number of rotatable bonds is 15. The van der Waals surface area contributed by atoms with E-state index in [0.717, 1.165) is 16.8 Å². The van der Waals surface area contributed by atoms with Gasteiger partial charge in [0.2, 0.25) is 5.78 Å². The molecule has 7 atom stereocenters. The van der Waals surface area contributed by atoms with Crippen LogP contribution < -0.4 is 30.7 Å². The molecule has 1 fully saturated rings. The molecule has 1 saturated heterocycles. The Hall–Kier alpha value is -2.91. The van der Waals surface area contributed by atoms with Crippen LogP contribution in [0.4, 0.5) is 4.79 Å². The molecule has 1 radical (unpaired) electrons. The van der Waals surface area contributed by atoms with Crippen molar-refractivity contribution in [3.8, 4) is 11.5 Å². The molecule has 281 valence electrons. The normalized spacial score (nSPS) is 21.0. The average Bonchev–Trinajstić information content (AvgIpc) is 3.40.